The first kappa shape index (κ1) is 13.3. The van der Waals surface area contributed by atoms with Crippen molar-refractivity contribution >= 4 is 16.4 Å². The van der Waals surface area contributed by atoms with Gasteiger partial charge < -0.3 is 10.2 Å². The third-order valence-electron chi connectivity index (χ3n) is 1.65. The molecule has 0 spiro atoms. The monoisotopic (exact) mass is 228 g/mol. The van der Waals surface area contributed by atoms with E-state index in [1.807, 2.05) is 0 Å². The van der Waals surface area contributed by atoms with E-state index in [1.165, 1.54) is 0 Å². The number of hydrogen-bond acceptors (Lipinski definition) is 6. The fourth-order valence-corrected chi connectivity index (χ4v) is 1.17. The maximum Gasteiger partial charge on any atom is 0.402 e. The van der Waals surface area contributed by atoms with E-state index in [4.69, 9.17) is 5.11 Å². The maximum atomic E-state index is 10.7. The van der Waals surface area contributed by atoms with Crippen molar-refractivity contribution in [2.24, 2.45) is 5.92 Å². The third-order valence-corrected chi connectivity index (χ3v) is 2.60. The van der Waals surface area contributed by atoms with Crippen LogP contribution in [0, 0.1) is 5.92 Å². The van der Waals surface area contributed by atoms with Crippen LogP contribution in [0.15, 0.2) is 0 Å². The van der Waals surface area contributed by atoms with Crippen LogP contribution in [0.5, 0.6) is 0 Å². The zero-order valence-electron chi connectivity index (χ0n) is 7.92. The van der Waals surface area contributed by atoms with Gasteiger partial charge in [0.25, 0.3) is 0 Å². The molecule has 2 atom stereocenters. The van der Waals surface area contributed by atoms with E-state index in [2.05, 4.69) is 8.37 Å². The molecule has 0 radical (unpaired) electrons. The van der Waals surface area contributed by atoms with Gasteiger partial charge in [-0.1, -0.05) is 0 Å². The molecule has 0 aromatic heterocycles. The molecule has 0 aromatic carbocycles. The molecule has 14 heavy (non-hydrogen) atoms. The Bertz CT molecular complexity index is 304. The Kier molecular flexibility index (Phi) is 4.01. The summed E-state index contributed by atoms with van der Waals surface area (Å²) in [5.74, 6) is -5.14. The lowest BCUT2D eigenvalue weighted by Gasteiger charge is -2.25. The Morgan fingerprint density at radius 1 is 1.50 bits per heavy atom. The predicted octanol–water partition coefficient (Wildman–Crippen LogP) is -0.677. The SMILES string of the molecule is COS(=O)(=O)OC(C)(O)C(C)C(=O)O. The Morgan fingerprint density at radius 3 is 2.21 bits per heavy atom. The topological polar surface area (TPSA) is 110 Å². The van der Waals surface area contributed by atoms with Gasteiger partial charge in [-0.25, -0.2) is 4.18 Å². The first-order valence-corrected chi connectivity index (χ1v) is 4.92. The molecule has 0 aromatic rings. The highest BCUT2D eigenvalue weighted by Crippen LogP contribution is 2.21. The molecule has 2 unspecified atom stereocenters. The highest BCUT2D eigenvalue weighted by atomic mass is 32.3. The number of carbonyl (C=O) groups is 1. The Morgan fingerprint density at radius 2 is 1.93 bits per heavy atom. The largest absolute Gasteiger partial charge is 0.481 e. The first-order valence-electron chi connectivity index (χ1n) is 3.59. The highest BCUT2D eigenvalue weighted by molar-refractivity contribution is 7.81. The molecule has 0 bridgehead atoms. The molecule has 2 N–H and O–H groups in total. The Hall–Kier alpha value is -0.700. The molecule has 0 fully saturated rings. The lowest BCUT2D eigenvalue weighted by Crippen LogP contribution is -2.42. The molecular weight excluding hydrogens is 216 g/mol. The van der Waals surface area contributed by atoms with E-state index in [-0.39, 0.29) is 0 Å². The van der Waals surface area contributed by atoms with Gasteiger partial charge >= 0.3 is 16.4 Å². The van der Waals surface area contributed by atoms with E-state index in [9.17, 15) is 18.3 Å². The molecule has 0 amide bonds. The molecule has 0 aliphatic rings. The van der Waals surface area contributed by atoms with E-state index < -0.39 is 28.1 Å². The van der Waals surface area contributed by atoms with Crippen molar-refractivity contribution in [2.45, 2.75) is 19.6 Å². The fourth-order valence-electron chi connectivity index (χ4n) is 0.542. The molecule has 84 valence electrons. The Balaban J connectivity index is 4.74. The Labute approximate surface area is 81.6 Å². The second-order valence-corrected chi connectivity index (χ2v) is 4.09. The van der Waals surface area contributed by atoms with Gasteiger partial charge in [0.1, 0.15) is 5.92 Å². The van der Waals surface area contributed by atoms with Gasteiger partial charge in [0.15, 0.2) is 5.79 Å². The first-order chi connectivity index (χ1) is 6.12. The van der Waals surface area contributed by atoms with Crippen LogP contribution in [0.1, 0.15) is 13.8 Å². The average Bonchev–Trinajstić information content (AvgIpc) is 2.01. The van der Waals surface area contributed by atoms with E-state index in [1.54, 1.807) is 0 Å². The third kappa shape index (κ3) is 3.58. The van der Waals surface area contributed by atoms with Crippen LogP contribution in [0.25, 0.3) is 0 Å². The van der Waals surface area contributed by atoms with Crippen LogP contribution in [0.2, 0.25) is 0 Å². The summed E-state index contributed by atoms with van der Waals surface area (Å²) >= 11 is 0. The minimum absolute atomic E-state index is 0.830. The van der Waals surface area contributed by atoms with Crippen molar-refractivity contribution in [3.05, 3.63) is 0 Å². The van der Waals surface area contributed by atoms with Crippen molar-refractivity contribution in [1.82, 2.24) is 0 Å². The van der Waals surface area contributed by atoms with Gasteiger partial charge in [0, 0.05) is 0 Å². The van der Waals surface area contributed by atoms with Gasteiger partial charge in [-0.2, -0.15) is 8.42 Å². The molecule has 0 heterocycles. The summed E-state index contributed by atoms with van der Waals surface area (Å²) in [6.45, 7) is 2.02. The smallest absolute Gasteiger partial charge is 0.402 e. The lowest BCUT2D eigenvalue weighted by molar-refractivity contribution is -0.183. The van der Waals surface area contributed by atoms with Crippen LogP contribution in [0.3, 0.4) is 0 Å². The molecule has 0 saturated heterocycles. The van der Waals surface area contributed by atoms with Crippen LogP contribution < -0.4 is 0 Å². The predicted molar refractivity (Wildman–Crippen MR) is 44.4 cm³/mol. The van der Waals surface area contributed by atoms with Gasteiger partial charge in [-0.15, -0.1) is 0 Å². The normalized spacial score (nSPS) is 18.6. The minimum Gasteiger partial charge on any atom is -0.481 e. The zero-order valence-corrected chi connectivity index (χ0v) is 8.74. The standard InChI is InChI=1S/C6H12O7S/c1-4(5(7)8)6(2,9)13-14(10,11)12-3/h4,9H,1-3H3,(H,7,8). The average molecular weight is 228 g/mol. The second kappa shape index (κ2) is 4.22. The van der Waals surface area contributed by atoms with Gasteiger partial charge in [-0.3, -0.25) is 8.98 Å². The van der Waals surface area contributed by atoms with Crippen molar-refractivity contribution in [3.63, 3.8) is 0 Å². The summed E-state index contributed by atoms with van der Waals surface area (Å²) < 4.78 is 29.5. The maximum absolute atomic E-state index is 10.7. The van der Waals surface area contributed by atoms with Crippen LogP contribution in [0.4, 0.5) is 0 Å². The van der Waals surface area contributed by atoms with E-state index in [0.29, 0.717) is 0 Å². The summed E-state index contributed by atoms with van der Waals surface area (Å²) in [6, 6.07) is 0. The number of aliphatic hydroxyl groups is 1. The summed E-state index contributed by atoms with van der Waals surface area (Å²) in [7, 11) is -3.54. The summed E-state index contributed by atoms with van der Waals surface area (Å²) in [5, 5.41) is 17.9. The quantitative estimate of drug-likeness (QED) is 0.600. The molecular formula is C6H12O7S. The number of aliphatic carboxylic acids is 1. The molecule has 7 nitrogen and oxygen atoms in total. The highest BCUT2D eigenvalue weighted by Gasteiger charge is 2.39. The lowest BCUT2D eigenvalue weighted by atomic mass is 10.0. The molecule has 0 rings (SSSR count). The zero-order chi connectivity index (χ0) is 11.6. The number of carboxylic acid groups (broad SMARTS) is 1. The number of rotatable bonds is 5. The van der Waals surface area contributed by atoms with Gasteiger partial charge in [0.2, 0.25) is 0 Å². The summed E-state index contributed by atoms with van der Waals surface area (Å²) in [6.07, 6.45) is 0. The van der Waals surface area contributed by atoms with Crippen LogP contribution in [-0.4, -0.2) is 37.5 Å². The van der Waals surface area contributed by atoms with Crippen molar-refractivity contribution in [1.29, 1.82) is 0 Å². The minimum atomic E-state index is -4.37. The van der Waals surface area contributed by atoms with Crippen LogP contribution in [-0.2, 0) is 23.6 Å². The van der Waals surface area contributed by atoms with Crippen molar-refractivity contribution in [3.8, 4) is 0 Å². The fraction of sp³-hybridized carbons (Fsp3) is 0.833. The summed E-state index contributed by atoms with van der Waals surface area (Å²) in [5.41, 5.74) is 0. The van der Waals surface area contributed by atoms with Crippen LogP contribution >= 0.6 is 0 Å². The van der Waals surface area contributed by atoms with Crippen molar-refractivity contribution < 1.29 is 31.8 Å². The van der Waals surface area contributed by atoms with Gasteiger partial charge in [0.05, 0.1) is 7.11 Å². The second-order valence-electron chi connectivity index (χ2n) is 2.77. The summed E-state index contributed by atoms with van der Waals surface area (Å²) in [4.78, 5) is 10.4. The van der Waals surface area contributed by atoms with Gasteiger partial charge in [-0.05, 0) is 13.8 Å². The van der Waals surface area contributed by atoms with Crippen molar-refractivity contribution in [2.75, 3.05) is 7.11 Å². The molecule has 0 saturated carbocycles. The molecule has 0 aliphatic carbocycles. The number of hydrogen-bond donors (Lipinski definition) is 2. The number of carboxylic acids is 1. The molecule has 0 aliphatic heterocycles. The van der Waals surface area contributed by atoms with E-state index >= 15 is 0 Å². The van der Waals surface area contributed by atoms with E-state index in [0.717, 1.165) is 21.0 Å². The molecule has 8 heteroatoms.